The van der Waals surface area contributed by atoms with Crippen LogP contribution >= 0.6 is 0 Å². The molecule has 0 bridgehead atoms. The summed E-state index contributed by atoms with van der Waals surface area (Å²) in [6.45, 7) is 4.85. The smallest absolute Gasteiger partial charge is 0.407 e. The maximum atomic E-state index is 12.5. The number of alkyl carbamates (subject to hydrolysis) is 1. The molecule has 0 saturated carbocycles. The Morgan fingerprint density at radius 1 is 1.41 bits per heavy atom. The van der Waals surface area contributed by atoms with Gasteiger partial charge in [-0.3, -0.25) is 0 Å². The van der Waals surface area contributed by atoms with Gasteiger partial charge in [-0.25, -0.2) is 4.79 Å². The second-order valence-electron chi connectivity index (χ2n) is 4.50. The van der Waals surface area contributed by atoms with Crippen LogP contribution in [0.15, 0.2) is 0 Å². The van der Waals surface area contributed by atoms with E-state index in [4.69, 9.17) is 4.74 Å². The van der Waals surface area contributed by atoms with Crippen molar-refractivity contribution in [1.82, 2.24) is 5.32 Å². The van der Waals surface area contributed by atoms with Crippen molar-refractivity contribution >= 4 is 16.3 Å². The van der Waals surface area contributed by atoms with Gasteiger partial charge in [-0.15, -0.1) is 3.89 Å². The molecule has 0 aromatic carbocycles. The first-order valence-electron chi connectivity index (χ1n) is 4.94. The average molecular weight is 271 g/mol. The zero-order valence-electron chi connectivity index (χ0n) is 10.3. The van der Waals surface area contributed by atoms with Crippen molar-refractivity contribution in [2.75, 3.05) is 19.5 Å². The van der Waals surface area contributed by atoms with Gasteiger partial charge in [-0.05, 0) is 20.8 Å². The van der Waals surface area contributed by atoms with Crippen molar-refractivity contribution in [1.29, 1.82) is 0 Å². The highest BCUT2D eigenvalue weighted by atomic mass is 32.3. The van der Waals surface area contributed by atoms with E-state index in [1.165, 1.54) is 7.11 Å². The summed E-state index contributed by atoms with van der Waals surface area (Å²) in [6.07, 6.45) is -0.816. The van der Waals surface area contributed by atoms with Crippen molar-refractivity contribution < 1.29 is 26.6 Å². The molecule has 102 valence electrons. The molecule has 6 nitrogen and oxygen atoms in total. The molecule has 1 N–H and O–H groups in total. The molecule has 0 heterocycles. The monoisotopic (exact) mass is 271 g/mol. The van der Waals surface area contributed by atoms with E-state index >= 15 is 0 Å². The molecule has 0 spiro atoms. The second kappa shape index (κ2) is 6.15. The van der Waals surface area contributed by atoms with Gasteiger partial charge in [0.2, 0.25) is 0 Å². The maximum Gasteiger partial charge on any atom is 0.407 e. The van der Waals surface area contributed by atoms with E-state index in [2.05, 4.69) is 10.1 Å². The fourth-order valence-electron chi connectivity index (χ4n) is 1.05. The molecule has 0 aliphatic carbocycles. The van der Waals surface area contributed by atoms with Gasteiger partial charge in [0.25, 0.3) is 0 Å². The third-order valence-electron chi connectivity index (χ3n) is 1.49. The highest BCUT2D eigenvalue weighted by Crippen LogP contribution is 2.07. The summed E-state index contributed by atoms with van der Waals surface area (Å²) < 4.78 is 43.0. The standard InChI is InChI=1S/C9H18FNO5S/c1-9(2,3)16-8(12)11-7(5-15-4)6-17(10,13)14/h7H,5-6H2,1-4H3,(H,11,12). The molecule has 0 aliphatic rings. The molecule has 1 unspecified atom stereocenters. The number of carbonyl (C=O) groups excluding carboxylic acids is 1. The molecule has 8 heteroatoms. The van der Waals surface area contributed by atoms with Gasteiger partial charge in [-0.2, -0.15) is 8.42 Å². The van der Waals surface area contributed by atoms with Gasteiger partial charge < -0.3 is 14.8 Å². The molecule has 0 aliphatic heterocycles. The fraction of sp³-hybridized carbons (Fsp3) is 0.889. The lowest BCUT2D eigenvalue weighted by molar-refractivity contribution is 0.0478. The summed E-state index contributed by atoms with van der Waals surface area (Å²) in [5.74, 6) is -0.847. The van der Waals surface area contributed by atoms with Crippen molar-refractivity contribution in [3.05, 3.63) is 0 Å². The summed E-state index contributed by atoms with van der Waals surface area (Å²) >= 11 is 0. The largest absolute Gasteiger partial charge is 0.444 e. The number of ether oxygens (including phenoxy) is 2. The van der Waals surface area contributed by atoms with Crippen LogP contribution in [0.3, 0.4) is 0 Å². The second-order valence-corrected chi connectivity index (χ2v) is 5.92. The van der Waals surface area contributed by atoms with Crippen LogP contribution in [0.2, 0.25) is 0 Å². The Balaban J connectivity index is 4.40. The molecule has 0 aromatic heterocycles. The highest BCUT2D eigenvalue weighted by Gasteiger charge is 2.23. The summed E-state index contributed by atoms with van der Waals surface area (Å²) in [7, 11) is -3.37. The predicted octanol–water partition coefficient (Wildman–Crippen LogP) is 0.825. The van der Waals surface area contributed by atoms with Crippen LogP contribution in [-0.2, 0) is 19.7 Å². The van der Waals surface area contributed by atoms with Crippen LogP contribution in [0, 0.1) is 0 Å². The summed E-state index contributed by atoms with van der Waals surface area (Å²) in [4.78, 5) is 11.3. The number of hydrogen-bond acceptors (Lipinski definition) is 5. The Kier molecular flexibility index (Phi) is 5.83. The van der Waals surface area contributed by atoms with E-state index in [1.807, 2.05) is 0 Å². The molecule has 0 saturated heterocycles. The van der Waals surface area contributed by atoms with E-state index in [1.54, 1.807) is 20.8 Å². The fourth-order valence-corrected chi connectivity index (χ4v) is 1.71. The molecule has 0 rings (SSSR count). The minimum Gasteiger partial charge on any atom is -0.444 e. The number of hydrogen-bond donors (Lipinski definition) is 1. The first kappa shape index (κ1) is 16.1. The van der Waals surface area contributed by atoms with E-state index in [-0.39, 0.29) is 6.61 Å². The van der Waals surface area contributed by atoms with Crippen molar-refractivity contribution in [2.45, 2.75) is 32.4 Å². The quantitative estimate of drug-likeness (QED) is 0.749. The van der Waals surface area contributed by atoms with E-state index < -0.39 is 33.7 Å². The Morgan fingerprint density at radius 3 is 2.29 bits per heavy atom. The zero-order valence-corrected chi connectivity index (χ0v) is 11.1. The molecular formula is C9H18FNO5S. The number of nitrogens with one attached hydrogen (secondary N) is 1. The van der Waals surface area contributed by atoms with Crippen LogP contribution < -0.4 is 5.32 Å². The van der Waals surface area contributed by atoms with Crippen molar-refractivity contribution in [3.63, 3.8) is 0 Å². The molecule has 1 amide bonds. The number of carbonyl (C=O) groups is 1. The lowest BCUT2D eigenvalue weighted by atomic mass is 10.2. The Morgan fingerprint density at radius 2 is 1.94 bits per heavy atom. The van der Waals surface area contributed by atoms with Gasteiger partial charge in [0.1, 0.15) is 11.4 Å². The minimum absolute atomic E-state index is 0.123. The zero-order chi connectivity index (χ0) is 13.7. The Hall–Kier alpha value is -0.890. The van der Waals surface area contributed by atoms with Crippen LogP contribution in [0.25, 0.3) is 0 Å². The molecule has 0 fully saturated rings. The number of methoxy groups -OCH3 is 1. The number of halogens is 1. The van der Waals surface area contributed by atoms with Gasteiger partial charge in [0.05, 0.1) is 12.6 Å². The predicted molar refractivity (Wildman–Crippen MR) is 59.9 cm³/mol. The Labute approximate surface area is 101 Å². The topological polar surface area (TPSA) is 81.7 Å². The van der Waals surface area contributed by atoms with E-state index in [0.29, 0.717) is 0 Å². The highest BCUT2D eigenvalue weighted by molar-refractivity contribution is 7.86. The van der Waals surface area contributed by atoms with E-state index in [9.17, 15) is 17.1 Å². The Bertz CT molecular complexity index is 349. The van der Waals surface area contributed by atoms with Crippen LogP contribution in [-0.4, -0.2) is 45.6 Å². The first-order chi connectivity index (χ1) is 7.53. The first-order valence-corrected chi connectivity index (χ1v) is 6.49. The molecule has 1 atom stereocenters. The van der Waals surface area contributed by atoms with Crippen LogP contribution in [0.5, 0.6) is 0 Å². The van der Waals surface area contributed by atoms with Crippen LogP contribution in [0.1, 0.15) is 20.8 Å². The normalized spacial score (nSPS) is 14.2. The molecular weight excluding hydrogens is 253 g/mol. The van der Waals surface area contributed by atoms with Gasteiger partial charge in [0.15, 0.2) is 0 Å². The van der Waals surface area contributed by atoms with Gasteiger partial charge in [0, 0.05) is 7.11 Å². The molecule has 17 heavy (non-hydrogen) atoms. The molecule has 0 radical (unpaired) electrons. The summed E-state index contributed by atoms with van der Waals surface area (Å²) in [5.41, 5.74) is -0.712. The van der Waals surface area contributed by atoms with Gasteiger partial charge in [-0.1, -0.05) is 0 Å². The van der Waals surface area contributed by atoms with Crippen molar-refractivity contribution in [3.8, 4) is 0 Å². The number of amides is 1. The van der Waals surface area contributed by atoms with Crippen molar-refractivity contribution in [2.24, 2.45) is 0 Å². The SMILES string of the molecule is COCC(CS(=O)(=O)F)NC(=O)OC(C)(C)C. The third-order valence-corrected chi connectivity index (χ3v) is 2.29. The lowest BCUT2D eigenvalue weighted by Crippen LogP contribution is -2.44. The third kappa shape index (κ3) is 10.0. The minimum atomic E-state index is -4.69. The maximum absolute atomic E-state index is 12.5. The average Bonchev–Trinajstić information content (AvgIpc) is 1.95. The lowest BCUT2D eigenvalue weighted by Gasteiger charge is -2.22. The van der Waals surface area contributed by atoms with Crippen LogP contribution in [0.4, 0.5) is 8.68 Å². The van der Waals surface area contributed by atoms with Gasteiger partial charge >= 0.3 is 16.3 Å². The summed E-state index contributed by atoms with van der Waals surface area (Å²) in [5, 5.41) is 2.23. The van der Waals surface area contributed by atoms with E-state index in [0.717, 1.165) is 0 Å². The molecule has 0 aromatic rings. The number of rotatable bonds is 5. The summed E-state index contributed by atoms with van der Waals surface area (Å²) in [6, 6.07) is -0.982.